The summed E-state index contributed by atoms with van der Waals surface area (Å²) in [6.45, 7) is 0. The van der Waals surface area contributed by atoms with Crippen LogP contribution in [0.5, 0.6) is 0 Å². The van der Waals surface area contributed by atoms with Crippen molar-refractivity contribution in [2.75, 3.05) is 0 Å². The van der Waals surface area contributed by atoms with Crippen LogP contribution in [0.15, 0.2) is 42.5 Å². The molecule has 0 spiro atoms. The smallest absolute Gasteiger partial charge is 0.379 e. The van der Waals surface area contributed by atoms with Gasteiger partial charge in [0.1, 0.15) is 11.9 Å². The van der Waals surface area contributed by atoms with E-state index < -0.39 is 64.7 Å². The van der Waals surface area contributed by atoms with Crippen LogP contribution in [0, 0.1) is 17.7 Å². The fourth-order valence-electron chi connectivity index (χ4n) is 6.17. The van der Waals surface area contributed by atoms with Gasteiger partial charge in [-0.2, -0.15) is 26.3 Å². The number of carbonyl (C=O) groups is 2. The largest absolute Gasteiger partial charge is 0.418 e. The van der Waals surface area contributed by atoms with Crippen molar-refractivity contribution in [3.8, 4) is 0 Å². The minimum absolute atomic E-state index is 0.00725. The number of carbonyl (C=O) groups excluding carboxylic acids is 2. The highest BCUT2D eigenvalue weighted by atomic mass is 19.4. The van der Waals surface area contributed by atoms with Gasteiger partial charge < -0.3 is 15.7 Å². The monoisotopic (exact) mass is 544 g/mol. The molecular weight excluding hydrogens is 521 g/mol. The van der Waals surface area contributed by atoms with Crippen LogP contribution in [0.2, 0.25) is 0 Å². The summed E-state index contributed by atoms with van der Waals surface area (Å²) >= 11 is 0. The Balaban J connectivity index is 1.57. The van der Waals surface area contributed by atoms with Gasteiger partial charge in [0, 0.05) is 11.5 Å². The minimum Gasteiger partial charge on any atom is -0.379 e. The van der Waals surface area contributed by atoms with Gasteiger partial charge in [-0.3, -0.25) is 9.59 Å². The molecule has 5 nitrogen and oxygen atoms in total. The van der Waals surface area contributed by atoms with E-state index in [1.165, 1.54) is 11.0 Å². The lowest BCUT2D eigenvalue weighted by Crippen LogP contribution is -2.53. The molecule has 3 fully saturated rings. The molecule has 3 unspecified atom stereocenters. The number of primary amides is 1. The maximum absolute atomic E-state index is 15.2. The number of likely N-dealkylation sites (tertiary alicyclic amines) is 1. The van der Waals surface area contributed by atoms with E-state index in [0.717, 1.165) is 30.3 Å². The van der Waals surface area contributed by atoms with Crippen LogP contribution in [-0.2, 0) is 11.0 Å². The van der Waals surface area contributed by atoms with Crippen LogP contribution in [0.25, 0.3) is 0 Å². The van der Waals surface area contributed by atoms with Crippen molar-refractivity contribution < 1.29 is 45.4 Å². The summed E-state index contributed by atoms with van der Waals surface area (Å²) in [6.07, 6.45) is -10.8. The van der Waals surface area contributed by atoms with Crippen LogP contribution in [0.4, 0.5) is 30.7 Å². The van der Waals surface area contributed by atoms with Crippen molar-refractivity contribution in [1.82, 2.24) is 4.90 Å². The second-order valence-electron chi connectivity index (χ2n) is 10.3. The first kappa shape index (κ1) is 26.5. The quantitative estimate of drug-likeness (QED) is 0.497. The lowest BCUT2D eigenvalue weighted by Gasteiger charge is -2.39. The SMILES string of the molecule is NC(=O)C1CC2CC2([C@@H](c2ccc(C(F)(F)F)cc2F)C2CC2)N1C(=O)c1cccc([C@@H](O)C(F)(F)F)c1. The maximum atomic E-state index is 15.2. The van der Waals surface area contributed by atoms with Crippen LogP contribution in [-0.4, -0.2) is 39.6 Å². The molecule has 38 heavy (non-hydrogen) atoms. The topological polar surface area (TPSA) is 83.6 Å². The summed E-state index contributed by atoms with van der Waals surface area (Å²) in [5.74, 6) is -3.93. The van der Waals surface area contributed by atoms with Gasteiger partial charge in [0.15, 0.2) is 6.10 Å². The molecule has 204 valence electrons. The standard InChI is InChI=1S/C26H23F7N2O3/c27-18-9-15(25(28,29)30)6-7-17(18)20(12-4-5-12)24-11-16(24)10-19(22(34)37)35(24)23(38)14-3-1-2-13(8-14)21(36)26(31,32)33/h1-3,6-9,12,16,19-21,36H,4-5,10-11H2,(H2,34,37)/t16?,19?,20-,21-,24?/m1/s1. The lowest BCUT2D eigenvalue weighted by molar-refractivity contribution is -0.206. The summed E-state index contributed by atoms with van der Waals surface area (Å²) in [5.41, 5.74) is 2.49. The van der Waals surface area contributed by atoms with E-state index in [-0.39, 0.29) is 29.4 Å². The lowest BCUT2D eigenvalue weighted by atomic mass is 9.82. The van der Waals surface area contributed by atoms with Crippen LogP contribution < -0.4 is 5.73 Å². The predicted molar refractivity (Wildman–Crippen MR) is 119 cm³/mol. The minimum atomic E-state index is -4.98. The zero-order valence-corrected chi connectivity index (χ0v) is 19.7. The van der Waals surface area contributed by atoms with Gasteiger partial charge in [0.2, 0.25) is 5.91 Å². The van der Waals surface area contributed by atoms with Crippen LogP contribution in [0.1, 0.15) is 64.8 Å². The van der Waals surface area contributed by atoms with Crippen molar-refractivity contribution in [3.63, 3.8) is 0 Å². The average Bonchev–Trinajstić information content (AvgIpc) is 3.76. The summed E-state index contributed by atoms with van der Waals surface area (Å²) in [7, 11) is 0. The third-order valence-electron chi connectivity index (χ3n) is 7.99. The molecular formula is C26H23F7N2O3. The van der Waals surface area contributed by atoms with E-state index in [1.807, 2.05) is 0 Å². The third-order valence-corrected chi connectivity index (χ3v) is 7.99. The Morgan fingerprint density at radius 1 is 1.05 bits per heavy atom. The Morgan fingerprint density at radius 3 is 2.29 bits per heavy atom. The van der Waals surface area contributed by atoms with Gasteiger partial charge in [0.05, 0.1) is 11.1 Å². The number of nitrogens with zero attached hydrogens (tertiary/aromatic N) is 1. The van der Waals surface area contributed by atoms with E-state index in [0.29, 0.717) is 25.3 Å². The van der Waals surface area contributed by atoms with Gasteiger partial charge in [-0.05, 0) is 72.9 Å². The summed E-state index contributed by atoms with van der Waals surface area (Å²) in [6, 6.07) is 5.41. The first-order valence-corrected chi connectivity index (χ1v) is 12.0. The van der Waals surface area contributed by atoms with Crippen LogP contribution >= 0.6 is 0 Å². The summed E-state index contributed by atoms with van der Waals surface area (Å²) in [4.78, 5) is 27.4. The van der Waals surface area contributed by atoms with Crippen molar-refractivity contribution in [2.24, 2.45) is 17.6 Å². The van der Waals surface area contributed by atoms with Crippen molar-refractivity contribution in [3.05, 3.63) is 70.5 Å². The molecule has 3 N–H and O–H groups in total. The maximum Gasteiger partial charge on any atom is 0.418 e. The van der Waals surface area contributed by atoms with Gasteiger partial charge in [0.25, 0.3) is 5.91 Å². The number of benzene rings is 2. The van der Waals surface area contributed by atoms with E-state index in [1.54, 1.807) is 0 Å². The summed E-state index contributed by atoms with van der Waals surface area (Å²) < 4.78 is 93.9. The number of piperidine rings is 1. The normalized spacial score (nSPS) is 26.6. The molecule has 12 heteroatoms. The average molecular weight is 544 g/mol. The molecule has 2 saturated carbocycles. The Bertz CT molecular complexity index is 1290. The predicted octanol–water partition coefficient (Wildman–Crippen LogP) is 5.09. The second-order valence-corrected chi connectivity index (χ2v) is 10.3. The summed E-state index contributed by atoms with van der Waals surface area (Å²) in [5, 5.41) is 9.66. The molecule has 1 aliphatic heterocycles. The van der Waals surface area contributed by atoms with E-state index in [9.17, 15) is 41.0 Å². The Morgan fingerprint density at radius 2 is 1.74 bits per heavy atom. The van der Waals surface area contributed by atoms with Crippen molar-refractivity contribution in [2.45, 2.75) is 61.6 Å². The molecule has 2 amide bonds. The van der Waals surface area contributed by atoms with Gasteiger partial charge >= 0.3 is 12.4 Å². The molecule has 0 radical (unpaired) electrons. The Labute approximate surface area is 212 Å². The van der Waals surface area contributed by atoms with Crippen LogP contribution in [0.3, 0.4) is 0 Å². The second kappa shape index (κ2) is 8.69. The van der Waals surface area contributed by atoms with Gasteiger partial charge in [-0.25, -0.2) is 4.39 Å². The number of aliphatic hydroxyl groups is 1. The Kier molecular flexibility index (Phi) is 6.05. The number of fused-ring (bicyclic) bond motifs is 1. The molecule has 3 aliphatic rings. The molecule has 1 heterocycles. The fourth-order valence-corrected chi connectivity index (χ4v) is 6.17. The third kappa shape index (κ3) is 4.32. The molecule has 0 bridgehead atoms. The Hall–Kier alpha value is -3.15. The first-order chi connectivity index (χ1) is 17.7. The number of halogens is 7. The van der Waals surface area contributed by atoms with E-state index in [2.05, 4.69) is 0 Å². The fraction of sp³-hybridized carbons (Fsp3) is 0.462. The number of hydrogen-bond donors (Lipinski definition) is 2. The highest BCUT2D eigenvalue weighted by molar-refractivity contribution is 5.99. The zero-order valence-electron chi connectivity index (χ0n) is 19.7. The highest BCUT2D eigenvalue weighted by Crippen LogP contribution is 2.69. The number of nitrogens with two attached hydrogens (primary N) is 1. The highest BCUT2D eigenvalue weighted by Gasteiger charge is 2.73. The molecule has 1 saturated heterocycles. The van der Waals surface area contributed by atoms with Crippen molar-refractivity contribution >= 4 is 11.8 Å². The number of hydrogen-bond acceptors (Lipinski definition) is 3. The molecule has 2 aliphatic carbocycles. The number of amides is 2. The zero-order chi connectivity index (χ0) is 27.8. The van der Waals surface area contributed by atoms with Gasteiger partial charge in [-0.1, -0.05) is 18.2 Å². The molecule has 2 aromatic carbocycles. The molecule has 5 atom stereocenters. The van der Waals surface area contributed by atoms with E-state index in [4.69, 9.17) is 5.73 Å². The van der Waals surface area contributed by atoms with E-state index >= 15 is 4.39 Å². The molecule has 5 rings (SSSR count). The van der Waals surface area contributed by atoms with Gasteiger partial charge in [-0.15, -0.1) is 0 Å². The first-order valence-electron chi connectivity index (χ1n) is 12.0. The molecule has 2 aromatic rings. The number of rotatable bonds is 6. The van der Waals surface area contributed by atoms with Crippen molar-refractivity contribution in [1.29, 1.82) is 0 Å². The number of alkyl halides is 6. The molecule has 0 aromatic heterocycles. The number of aliphatic hydroxyl groups excluding tert-OH is 1.